The van der Waals surface area contributed by atoms with Gasteiger partial charge in [0.2, 0.25) is 5.91 Å². The van der Waals surface area contributed by atoms with Crippen molar-refractivity contribution in [2.24, 2.45) is 0 Å². The highest BCUT2D eigenvalue weighted by Crippen LogP contribution is 2.32. The van der Waals surface area contributed by atoms with Crippen LogP contribution in [0.1, 0.15) is 6.92 Å². The zero-order valence-electron chi connectivity index (χ0n) is 15.1. The van der Waals surface area contributed by atoms with Gasteiger partial charge in [0.05, 0.1) is 10.1 Å². The van der Waals surface area contributed by atoms with Crippen LogP contribution in [0, 0.1) is 0 Å². The lowest BCUT2D eigenvalue weighted by molar-refractivity contribution is -0.115. The molecule has 2 heterocycles. The number of hydrogen-bond donors (Lipinski definition) is 1. The molecule has 0 unspecified atom stereocenters. The fraction of sp³-hybridized carbons (Fsp3) is 0.0952. The molecule has 2 aromatic heterocycles. The van der Waals surface area contributed by atoms with E-state index in [-0.39, 0.29) is 11.2 Å². The second-order valence-electron chi connectivity index (χ2n) is 6.07. The van der Waals surface area contributed by atoms with Crippen LogP contribution in [0.2, 0.25) is 0 Å². The molecule has 1 atom stereocenters. The molecule has 0 aliphatic heterocycles. The molecule has 0 aliphatic rings. The fourth-order valence-electron chi connectivity index (χ4n) is 2.70. The molecule has 0 radical (unpaired) electrons. The van der Waals surface area contributed by atoms with Crippen molar-refractivity contribution in [3.05, 3.63) is 78.2 Å². The SMILES string of the molecule is C[C@H](Sc1nnc(-c2cccs2)n1-c1ccccc1)C(=O)Nc1ccccc1. The number of carbonyl (C=O) groups excluding carboxylic acids is 1. The maximum absolute atomic E-state index is 12.6. The van der Waals surface area contributed by atoms with Crippen molar-refractivity contribution in [1.82, 2.24) is 14.8 Å². The van der Waals surface area contributed by atoms with Crippen LogP contribution in [0.15, 0.2) is 83.3 Å². The van der Waals surface area contributed by atoms with E-state index in [0.29, 0.717) is 5.16 Å². The van der Waals surface area contributed by atoms with Crippen molar-refractivity contribution >= 4 is 34.7 Å². The van der Waals surface area contributed by atoms with Gasteiger partial charge in [0.1, 0.15) is 0 Å². The Balaban J connectivity index is 1.62. The molecule has 7 heteroatoms. The molecule has 0 aliphatic carbocycles. The highest BCUT2D eigenvalue weighted by molar-refractivity contribution is 8.00. The van der Waals surface area contributed by atoms with Crippen LogP contribution in [0.4, 0.5) is 5.69 Å². The lowest BCUT2D eigenvalue weighted by Gasteiger charge is -2.13. The molecule has 2 aromatic carbocycles. The predicted molar refractivity (Wildman–Crippen MR) is 115 cm³/mol. The molecule has 0 fully saturated rings. The molecule has 0 saturated heterocycles. The lowest BCUT2D eigenvalue weighted by Crippen LogP contribution is -2.22. The van der Waals surface area contributed by atoms with E-state index in [1.54, 1.807) is 11.3 Å². The number of aromatic nitrogens is 3. The molecule has 1 amide bonds. The number of para-hydroxylation sites is 2. The van der Waals surface area contributed by atoms with Crippen LogP contribution in [-0.2, 0) is 4.79 Å². The highest BCUT2D eigenvalue weighted by atomic mass is 32.2. The summed E-state index contributed by atoms with van der Waals surface area (Å²) in [6.45, 7) is 1.87. The number of anilines is 1. The summed E-state index contributed by atoms with van der Waals surface area (Å²) in [5.74, 6) is 0.704. The van der Waals surface area contributed by atoms with E-state index in [4.69, 9.17) is 0 Å². The summed E-state index contributed by atoms with van der Waals surface area (Å²) in [6.07, 6.45) is 0. The van der Waals surface area contributed by atoms with E-state index in [1.807, 2.05) is 89.7 Å². The minimum atomic E-state index is -0.331. The standard InChI is InChI=1S/C21H18N4OS2/c1-15(20(26)22-16-9-4-2-5-10-16)28-21-24-23-19(18-13-8-14-27-18)25(21)17-11-6-3-7-12-17/h2-15H,1H3,(H,22,26)/t15-/m0/s1. The first kappa shape index (κ1) is 18.5. The molecule has 4 rings (SSSR count). The van der Waals surface area contributed by atoms with Gasteiger partial charge in [0, 0.05) is 11.4 Å². The normalized spacial score (nSPS) is 11.9. The maximum Gasteiger partial charge on any atom is 0.237 e. The van der Waals surface area contributed by atoms with Crippen LogP contribution in [0.25, 0.3) is 16.4 Å². The van der Waals surface area contributed by atoms with Crippen molar-refractivity contribution in [3.8, 4) is 16.4 Å². The molecular formula is C21H18N4OS2. The molecule has 5 nitrogen and oxygen atoms in total. The van der Waals surface area contributed by atoms with Crippen LogP contribution >= 0.6 is 23.1 Å². The van der Waals surface area contributed by atoms with E-state index in [1.165, 1.54) is 11.8 Å². The zero-order chi connectivity index (χ0) is 19.3. The van der Waals surface area contributed by atoms with E-state index in [9.17, 15) is 4.79 Å². The van der Waals surface area contributed by atoms with E-state index in [2.05, 4.69) is 15.5 Å². The minimum absolute atomic E-state index is 0.0727. The van der Waals surface area contributed by atoms with Gasteiger partial charge in [-0.25, -0.2) is 0 Å². The first-order chi connectivity index (χ1) is 13.7. The highest BCUT2D eigenvalue weighted by Gasteiger charge is 2.22. The fourth-order valence-corrected chi connectivity index (χ4v) is 4.26. The second-order valence-corrected chi connectivity index (χ2v) is 8.33. The topological polar surface area (TPSA) is 59.8 Å². The number of thioether (sulfide) groups is 1. The van der Waals surface area contributed by atoms with Gasteiger partial charge in [0.25, 0.3) is 0 Å². The Bertz CT molecular complexity index is 1050. The Kier molecular flexibility index (Phi) is 5.55. The Labute approximate surface area is 171 Å². The lowest BCUT2D eigenvalue weighted by atomic mass is 10.3. The molecule has 140 valence electrons. The van der Waals surface area contributed by atoms with Crippen LogP contribution in [0.5, 0.6) is 0 Å². The summed E-state index contributed by atoms with van der Waals surface area (Å²) in [6, 6.07) is 23.4. The average Bonchev–Trinajstić information content (AvgIpc) is 3.39. The molecular weight excluding hydrogens is 388 g/mol. The number of thiophene rings is 1. The Hall–Kier alpha value is -2.90. The number of carbonyl (C=O) groups is 1. The molecule has 1 N–H and O–H groups in total. The number of rotatable bonds is 6. The van der Waals surface area contributed by atoms with Gasteiger partial charge in [-0.2, -0.15) is 0 Å². The molecule has 4 aromatic rings. The minimum Gasteiger partial charge on any atom is -0.325 e. The third kappa shape index (κ3) is 4.00. The Morgan fingerprint density at radius 3 is 2.39 bits per heavy atom. The first-order valence-electron chi connectivity index (χ1n) is 8.79. The summed E-state index contributed by atoms with van der Waals surface area (Å²) in [7, 11) is 0. The predicted octanol–water partition coefficient (Wildman–Crippen LogP) is 5.12. The molecule has 28 heavy (non-hydrogen) atoms. The number of hydrogen-bond acceptors (Lipinski definition) is 5. The molecule has 0 saturated carbocycles. The quantitative estimate of drug-likeness (QED) is 0.452. The van der Waals surface area contributed by atoms with Gasteiger partial charge in [-0.3, -0.25) is 9.36 Å². The van der Waals surface area contributed by atoms with Crippen LogP contribution in [0.3, 0.4) is 0 Å². The Morgan fingerprint density at radius 2 is 1.71 bits per heavy atom. The summed E-state index contributed by atoms with van der Waals surface area (Å²) in [4.78, 5) is 13.6. The van der Waals surface area contributed by atoms with Crippen molar-refractivity contribution in [2.45, 2.75) is 17.3 Å². The Morgan fingerprint density at radius 1 is 1.00 bits per heavy atom. The summed E-state index contributed by atoms with van der Waals surface area (Å²) < 4.78 is 2.00. The number of nitrogens with zero attached hydrogens (tertiary/aromatic N) is 3. The summed E-state index contributed by atoms with van der Waals surface area (Å²) in [5, 5.41) is 14.1. The monoisotopic (exact) mass is 406 g/mol. The van der Waals surface area contributed by atoms with Gasteiger partial charge in [-0.1, -0.05) is 54.2 Å². The first-order valence-corrected chi connectivity index (χ1v) is 10.6. The third-order valence-electron chi connectivity index (χ3n) is 4.08. The van der Waals surface area contributed by atoms with E-state index >= 15 is 0 Å². The van der Waals surface area contributed by atoms with Crippen molar-refractivity contribution in [3.63, 3.8) is 0 Å². The van der Waals surface area contributed by atoms with Gasteiger partial charge in [-0.05, 0) is 42.6 Å². The van der Waals surface area contributed by atoms with Crippen molar-refractivity contribution < 1.29 is 4.79 Å². The van der Waals surface area contributed by atoms with Crippen molar-refractivity contribution in [2.75, 3.05) is 5.32 Å². The van der Waals surface area contributed by atoms with Crippen molar-refractivity contribution in [1.29, 1.82) is 0 Å². The largest absolute Gasteiger partial charge is 0.325 e. The summed E-state index contributed by atoms with van der Waals surface area (Å²) in [5.41, 5.74) is 1.75. The number of amides is 1. The van der Waals surface area contributed by atoms with Gasteiger partial charge < -0.3 is 5.32 Å². The maximum atomic E-state index is 12.6. The van der Waals surface area contributed by atoms with E-state index < -0.39 is 0 Å². The van der Waals surface area contributed by atoms with Crippen LogP contribution < -0.4 is 5.32 Å². The van der Waals surface area contributed by atoms with Gasteiger partial charge in [-0.15, -0.1) is 21.5 Å². The van der Waals surface area contributed by atoms with Gasteiger partial charge in [0.15, 0.2) is 11.0 Å². The van der Waals surface area contributed by atoms with Gasteiger partial charge >= 0.3 is 0 Å². The summed E-state index contributed by atoms with van der Waals surface area (Å²) >= 11 is 3.01. The second kappa shape index (κ2) is 8.41. The number of nitrogens with one attached hydrogen (secondary N) is 1. The smallest absolute Gasteiger partial charge is 0.237 e. The molecule has 0 spiro atoms. The van der Waals surface area contributed by atoms with E-state index in [0.717, 1.165) is 22.1 Å². The third-order valence-corrected chi connectivity index (χ3v) is 5.99. The number of benzene rings is 2. The average molecular weight is 407 g/mol. The van der Waals surface area contributed by atoms with Crippen LogP contribution in [-0.4, -0.2) is 25.9 Å². The zero-order valence-corrected chi connectivity index (χ0v) is 16.8. The molecule has 0 bridgehead atoms.